The Labute approximate surface area is 139 Å². The van der Waals surface area contributed by atoms with Crippen LogP contribution in [0.1, 0.15) is 24.2 Å². The number of carbonyl (C=O) groups is 3. The summed E-state index contributed by atoms with van der Waals surface area (Å²) in [6, 6.07) is 2.87. The molecule has 0 fully saturated rings. The lowest BCUT2D eigenvalue weighted by atomic mass is 10.0. The van der Waals surface area contributed by atoms with E-state index in [1.54, 1.807) is 19.9 Å². The van der Waals surface area contributed by atoms with Gasteiger partial charge in [0, 0.05) is 5.56 Å². The van der Waals surface area contributed by atoms with Gasteiger partial charge in [0.15, 0.2) is 11.5 Å². The molecule has 24 heavy (non-hydrogen) atoms. The number of amides is 4. The number of benzene rings is 1. The molecule has 0 heterocycles. The number of primary amides is 1. The molecular formula is C15H22N4O5. The SMILES string of the molecule is COc1ccc(C(=O)NNC(=O)[C@@H](NC(N)=O)C(C)C)cc1OC. The van der Waals surface area contributed by atoms with Crippen molar-refractivity contribution >= 4 is 17.8 Å². The second-order valence-electron chi connectivity index (χ2n) is 5.24. The Balaban J connectivity index is 2.74. The van der Waals surface area contributed by atoms with Crippen molar-refractivity contribution in [1.82, 2.24) is 16.2 Å². The van der Waals surface area contributed by atoms with Crippen LogP contribution < -0.4 is 31.4 Å². The van der Waals surface area contributed by atoms with Crippen LogP contribution in [0.5, 0.6) is 11.5 Å². The number of rotatable bonds is 6. The lowest BCUT2D eigenvalue weighted by Crippen LogP contribution is -2.55. The van der Waals surface area contributed by atoms with E-state index in [-0.39, 0.29) is 11.5 Å². The summed E-state index contributed by atoms with van der Waals surface area (Å²) in [5.41, 5.74) is 9.82. The van der Waals surface area contributed by atoms with Gasteiger partial charge >= 0.3 is 6.03 Å². The van der Waals surface area contributed by atoms with E-state index in [9.17, 15) is 14.4 Å². The summed E-state index contributed by atoms with van der Waals surface area (Å²) in [5.74, 6) is -0.491. The van der Waals surface area contributed by atoms with E-state index in [0.29, 0.717) is 11.5 Å². The third-order valence-corrected chi connectivity index (χ3v) is 3.19. The molecule has 9 nitrogen and oxygen atoms in total. The van der Waals surface area contributed by atoms with E-state index < -0.39 is 23.9 Å². The molecule has 0 aliphatic carbocycles. The Morgan fingerprint density at radius 1 is 1.04 bits per heavy atom. The molecule has 132 valence electrons. The van der Waals surface area contributed by atoms with E-state index in [1.165, 1.54) is 26.4 Å². The second kappa shape index (κ2) is 8.61. The molecule has 0 unspecified atom stereocenters. The molecule has 0 saturated heterocycles. The summed E-state index contributed by atoms with van der Waals surface area (Å²) in [6.07, 6.45) is 0. The highest BCUT2D eigenvalue weighted by molar-refractivity contribution is 5.96. The van der Waals surface area contributed by atoms with Crippen LogP contribution >= 0.6 is 0 Å². The van der Waals surface area contributed by atoms with Crippen LogP contribution in [-0.2, 0) is 4.79 Å². The van der Waals surface area contributed by atoms with Crippen molar-refractivity contribution in [1.29, 1.82) is 0 Å². The predicted octanol–water partition coefficient (Wildman–Crippen LogP) is 0.158. The minimum atomic E-state index is -0.867. The summed E-state index contributed by atoms with van der Waals surface area (Å²) in [7, 11) is 2.93. The van der Waals surface area contributed by atoms with Gasteiger partial charge in [-0.05, 0) is 24.1 Å². The Kier molecular flexibility index (Phi) is 6.84. The smallest absolute Gasteiger partial charge is 0.312 e. The Hall–Kier alpha value is -2.97. The van der Waals surface area contributed by atoms with Gasteiger partial charge in [0.25, 0.3) is 11.8 Å². The highest BCUT2D eigenvalue weighted by Gasteiger charge is 2.23. The van der Waals surface area contributed by atoms with Crippen LogP contribution in [0.3, 0.4) is 0 Å². The van der Waals surface area contributed by atoms with Gasteiger partial charge in [0.1, 0.15) is 6.04 Å². The lowest BCUT2D eigenvalue weighted by molar-refractivity contribution is -0.124. The first-order chi connectivity index (χ1) is 11.3. The third-order valence-electron chi connectivity index (χ3n) is 3.19. The van der Waals surface area contributed by atoms with Crippen LogP contribution in [0.4, 0.5) is 4.79 Å². The van der Waals surface area contributed by atoms with Gasteiger partial charge in [-0.1, -0.05) is 13.8 Å². The van der Waals surface area contributed by atoms with Gasteiger partial charge in [-0.15, -0.1) is 0 Å². The highest BCUT2D eigenvalue weighted by Crippen LogP contribution is 2.27. The Morgan fingerprint density at radius 3 is 2.17 bits per heavy atom. The molecular weight excluding hydrogens is 316 g/mol. The van der Waals surface area contributed by atoms with Crippen LogP contribution in [0, 0.1) is 5.92 Å². The van der Waals surface area contributed by atoms with Gasteiger partial charge < -0.3 is 20.5 Å². The molecule has 0 radical (unpaired) electrons. The predicted molar refractivity (Wildman–Crippen MR) is 86.5 cm³/mol. The molecule has 0 aliphatic heterocycles. The Morgan fingerprint density at radius 2 is 1.67 bits per heavy atom. The molecule has 1 rings (SSSR count). The molecule has 9 heteroatoms. The van der Waals surface area contributed by atoms with Crippen molar-refractivity contribution in [3.8, 4) is 11.5 Å². The summed E-state index contributed by atoms with van der Waals surface area (Å²) >= 11 is 0. The van der Waals surface area contributed by atoms with Gasteiger partial charge in [0.2, 0.25) is 0 Å². The molecule has 1 aromatic rings. The zero-order valence-corrected chi connectivity index (χ0v) is 14.0. The average molecular weight is 338 g/mol. The van der Waals surface area contributed by atoms with Crippen molar-refractivity contribution < 1.29 is 23.9 Å². The zero-order valence-electron chi connectivity index (χ0n) is 14.0. The first-order valence-corrected chi connectivity index (χ1v) is 7.18. The number of carbonyl (C=O) groups excluding carboxylic acids is 3. The molecule has 5 N–H and O–H groups in total. The van der Waals surface area contributed by atoms with E-state index in [4.69, 9.17) is 15.2 Å². The van der Waals surface area contributed by atoms with Gasteiger partial charge in [-0.25, -0.2) is 4.79 Å². The molecule has 1 aromatic carbocycles. The number of hydrogen-bond acceptors (Lipinski definition) is 5. The van der Waals surface area contributed by atoms with Crippen molar-refractivity contribution in [2.75, 3.05) is 14.2 Å². The van der Waals surface area contributed by atoms with Crippen molar-refractivity contribution in [3.05, 3.63) is 23.8 Å². The van der Waals surface area contributed by atoms with Gasteiger partial charge in [-0.2, -0.15) is 0 Å². The monoisotopic (exact) mass is 338 g/mol. The Bertz CT molecular complexity index is 618. The third kappa shape index (κ3) is 5.04. The van der Waals surface area contributed by atoms with Crippen LogP contribution in [-0.4, -0.2) is 38.1 Å². The number of hydrogen-bond donors (Lipinski definition) is 4. The lowest BCUT2D eigenvalue weighted by Gasteiger charge is -2.20. The molecule has 0 spiro atoms. The average Bonchev–Trinajstić information content (AvgIpc) is 2.56. The molecule has 0 aliphatic rings. The van der Waals surface area contributed by atoms with Gasteiger partial charge in [-0.3, -0.25) is 20.4 Å². The maximum Gasteiger partial charge on any atom is 0.312 e. The molecule has 0 bridgehead atoms. The number of ether oxygens (including phenoxy) is 2. The van der Waals surface area contributed by atoms with Crippen molar-refractivity contribution in [2.45, 2.75) is 19.9 Å². The highest BCUT2D eigenvalue weighted by atomic mass is 16.5. The normalized spacial score (nSPS) is 11.4. The second-order valence-corrected chi connectivity index (χ2v) is 5.24. The number of nitrogens with one attached hydrogen (secondary N) is 3. The maximum atomic E-state index is 12.1. The zero-order chi connectivity index (χ0) is 18.3. The summed E-state index contributed by atoms with van der Waals surface area (Å²) in [6.45, 7) is 3.46. The van der Waals surface area contributed by atoms with E-state index >= 15 is 0 Å². The minimum absolute atomic E-state index is 0.213. The largest absolute Gasteiger partial charge is 0.493 e. The summed E-state index contributed by atoms with van der Waals surface area (Å²) < 4.78 is 10.2. The van der Waals surface area contributed by atoms with E-state index in [2.05, 4.69) is 16.2 Å². The topological polar surface area (TPSA) is 132 Å². The molecule has 4 amide bonds. The number of urea groups is 1. The summed E-state index contributed by atoms with van der Waals surface area (Å²) in [4.78, 5) is 35.1. The van der Waals surface area contributed by atoms with Crippen LogP contribution in [0.25, 0.3) is 0 Å². The van der Waals surface area contributed by atoms with Gasteiger partial charge in [0.05, 0.1) is 14.2 Å². The number of methoxy groups -OCH3 is 2. The minimum Gasteiger partial charge on any atom is -0.493 e. The first-order valence-electron chi connectivity index (χ1n) is 7.18. The summed E-state index contributed by atoms with van der Waals surface area (Å²) in [5, 5.41) is 2.31. The molecule has 0 aromatic heterocycles. The standard InChI is InChI=1S/C15H22N4O5/c1-8(2)12(17-15(16)22)14(21)19-18-13(20)9-5-6-10(23-3)11(7-9)24-4/h5-8,12H,1-4H3,(H,18,20)(H,19,21)(H3,16,17,22)/t12-/m0/s1. The number of hydrazine groups is 1. The van der Waals surface area contributed by atoms with Crippen LogP contribution in [0.15, 0.2) is 18.2 Å². The molecule has 1 atom stereocenters. The van der Waals surface area contributed by atoms with Crippen LogP contribution in [0.2, 0.25) is 0 Å². The quantitative estimate of drug-likeness (QED) is 0.549. The van der Waals surface area contributed by atoms with Crippen molar-refractivity contribution in [3.63, 3.8) is 0 Å². The first kappa shape index (κ1) is 19.1. The maximum absolute atomic E-state index is 12.1. The fourth-order valence-electron chi connectivity index (χ4n) is 1.93. The number of nitrogens with two attached hydrogens (primary N) is 1. The van der Waals surface area contributed by atoms with E-state index in [0.717, 1.165) is 0 Å². The van der Waals surface area contributed by atoms with Crippen molar-refractivity contribution in [2.24, 2.45) is 11.7 Å². The fourth-order valence-corrected chi connectivity index (χ4v) is 1.93. The van der Waals surface area contributed by atoms with E-state index in [1.807, 2.05) is 0 Å². The fraction of sp³-hybridized carbons (Fsp3) is 0.400. The molecule has 0 saturated carbocycles.